The van der Waals surface area contributed by atoms with E-state index < -0.39 is 0 Å². The average Bonchev–Trinajstić information content (AvgIpc) is 2.76. The molecule has 0 saturated carbocycles. The van der Waals surface area contributed by atoms with E-state index in [-0.39, 0.29) is 43.8 Å². The van der Waals surface area contributed by atoms with Crippen LogP contribution in [-0.2, 0) is 4.79 Å². The number of phenolic OH excluding ortho intramolecular Hbond substituents is 3. The third-order valence-corrected chi connectivity index (χ3v) is 5.65. The highest BCUT2D eigenvalue weighted by molar-refractivity contribution is 6.48. The molecule has 0 aromatic heterocycles. The van der Waals surface area contributed by atoms with E-state index in [9.17, 15) is 20.1 Å². The Morgan fingerprint density at radius 3 is 1.85 bits per heavy atom. The average molecular weight is 517 g/mol. The summed E-state index contributed by atoms with van der Waals surface area (Å²) >= 11 is 18.6. The number of carbonyl (C=O) groups excluding carboxylic acids is 1. The summed E-state index contributed by atoms with van der Waals surface area (Å²) in [6, 6.07) is 11.8. The smallest absolute Gasteiger partial charge is 0.180 e. The van der Waals surface area contributed by atoms with E-state index in [0.717, 1.165) is 0 Å². The zero-order valence-corrected chi connectivity index (χ0v) is 19.4. The van der Waals surface area contributed by atoms with Gasteiger partial charge in [0.05, 0.1) is 49.2 Å². The van der Waals surface area contributed by atoms with Crippen LogP contribution in [0.2, 0.25) is 10.0 Å². The van der Waals surface area contributed by atoms with Crippen molar-refractivity contribution in [2.24, 2.45) is 4.99 Å². The molecule has 0 bridgehead atoms. The van der Waals surface area contributed by atoms with E-state index in [1.165, 1.54) is 48.6 Å². The van der Waals surface area contributed by atoms with Crippen LogP contribution in [0.4, 0.5) is 28.4 Å². The normalized spacial score (nSPS) is 14.3. The highest BCUT2D eigenvalue weighted by Gasteiger charge is 2.15. The minimum absolute atomic E-state index is 0.0000191. The molecule has 5 N–H and O–H groups in total. The van der Waals surface area contributed by atoms with Crippen molar-refractivity contribution in [1.29, 1.82) is 0 Å². The van der Waals surface area contributed by atoms with Crippen LogP contribution in [0.5, 0.6) is 17.2 Å². The van der Waals surface area contributed by atoms with Crippen LogP contribution in [0.1, 0.15) is 0 Å². The van der Waals surface area contributed by atoms with Gasteiger partial charge in [-0.05, 0) is 42.5 Å². The molecule has 172 valence electrons. The summed E-state index contributed by atoms with van der Waals surface area (Å²) in [5.74, 6) is -0.410. The van der Waals surface area contributed by atoms with Gasteiger partial charge in [-0.15, -0.1) is 0 Å². The predicted octanol–water partition coefficient (Wildman–Crippen LogP) is 6.93. The van der Waals surface area contributed by atoms with Crippen LogP contribution < -0.4 is 10.6 Å². The molecule has 1 aliphatic rings. The van der Waals surface area contributed by atoms with Gasteiger partial charge in [-0.25, -0.2) is 4.99 Å². The van der Waals surface area contributed by atoms with E-state index >= 15 is 0 Å². The number of aliphatic imine (C=N–C) groups is 1. The molecule has 0 unspecified atom stereocenters. The lowest BCUT2D eigenvalue weighted by molar-refractivity contribution is -0.110. The Labute approximate surface area is 209 Å². The van der Waals surface area contributed by atoms with Gasteiger partial charge in [0, 0.05) is 24.3 Å². The number of hydrogen-bond donors (Lipinski definition) is 5. The lowest BCUT2D eigenvalue weighted by Gasteiger charge is -2.17. The van der Waals surface area contributed by atoms with Crippen LogP contribution in [0.3, 0.4) is 0 Å². The van der Waals surface area contributed by atoms with Crippen LogP contribution in [0, 0.1) is 0 Å². The van der Waals surface area contributed by atoms with Crippen LogP contribution in [0.25, 0.3) is 0 Å². The van der Waals surface area contributed by atoms with Gasteiger partial charge in [-0.2, -0.15) is 0 Å². The van der Waals surface area contributed by atoms with E-state index in [4.69, 9.17) is 34.8 Å². The third-order valence-electron chi connectivity index (χ3n) is 4.72. The zero-order chi connectivity index (χ0) is 24.4. The molecular formula is C24H16Cl3N3O4. The summed E-state index contributed by atoms with van der Waals surface area (Å²) in [7, 11) is 0. The minimum atomic E-state index is -0.258. The topological polar surface area (TPSA) is 114 Å². The third kappa shape index (κ3) is 5.28. The Kier molecular flexibility index (Phi) is 6.70. The fourth-order valence-electron chi connectivity index (χ4n) is 3.08. The first-order valence-electron chi connectivity index (χ1n) is 9.76. The number of ketones is 1. The molecule has 3 aromatic carbocycles. The van der Waals surface area contributed by atoms with Crippen molar-refractivity contribution in [3.8, 4) is 17.2 Å². The van der Waals surface area contributed by atoms with Gasteiger partial charge < -0.3 is 26.0 Å². The lowest BCUT2D eigenvalue weighted by atomic mass is 10.1. The number of nitrogens with zero attached hydrogens (tertiary/aromatic N) is 1. The number of halogens is 3. The molecule has 0 amide bonds. The largest absolute Gasteiger partial charge is 0.508 e. The number of rotatable bonds is 5. The van der Waals surface area contributed by atoms with E-state index in [2.05, 4.69) is 15.6 Å². The number of benzene rings is 3. The molecular weight excluding hydrogens is 501 g/mol. The Hall–Kier alpha value is -3.65. The fraction of sp³-hybridized carbons (Fsp3) is 0. The van der Waals surface area contributed by atoms with Crippen molar-refractivity contribution in [3.05, 3.63) is 81.8 Å². The summed E-state index contributed by atoms with van der Waals surface area (Å²) in [5, 5.41) is 36.7. The first-order valence-corrected chi connectivity index (χ1v) is 10.9. The van der Waals surface area contributed by atoms with Gasteiger partial charge in [0.15, 0.2) is 5.78 Å². The Balaban J connectivity index is 1.80. The monoisotopic (exact) mass is 515 g/mol. The highest BCUT2D eigenvalue weighted by Crippen LogP contribution is 2.41. The second kappa shape index (κ2) is 9.69. The van der Waals surface area contributed by atoms with Crippen molar-refractivity contribution in [1.82, 2.24) is 0 Å². The molecule has 34 heavy (non-hydrogen) atoms. The number of aromatic hydroxyl groups is 3. The molecule has 0 radical (unpaired) electrons. The van der Waals surface area contributed by atoms with Crippen LogP contribution in [-0.4, -0.2) is 26.8 Å². The zero-order valence-electron chi connectivity index (χ0n) is 17.2. The minimum Gasteiger partial charge on any atom is -0.508 e. The van der Waals surface area contributed by atoms with Crippen LogP contribution >= 0.6 is 34.8 Å². The summed E-state index contributed by atoms with van der Waals surface area (Å²) in [4.78, 5) is 16.0. The van der Waals surface area contributed by atoms with Crippen molar-refractivity contribution in [2.75, 3.05) is 10.6 Å². The summed E-state index contributed by atoms with van der Waals surface area (Å²) < 4.78 is 0. The summed E-state index contributed by atoms with van der Waals surface area (Å²) in [5.41, 5.74) is 2.24. The highest BCUT2D eigenvalue weighted by atomic mass is 35.5. The van der Waals surface area contributed by atoms with Gasteiger partial charge in [0.25, 0.3) is 0 Å². The SMILES string of the molecule is O=C1C=CC(=Nc2cc(O)c(Nc3ccc(O)cc3Cl)cc2Nc2ccc(O)cc2Cl)C(Cl)=C1. The lowest BCUT2D eigenvalue weighted by Crippen LogP contribution is -2.04. The summed E-state index contributed by atoms with van der Waals surface area (Å²) in [6.07, 6.45) is 4.05. The fourth-order valence-corrected chi connectivity index (χ4v) is 3.74. The molecule has 0 heterocycles. The quantitative estimate of drug-likeness (QED) is 0.143. The van der Waals surface area contributed by atoms with Gasteiger partial charge in [0.1, 0.15) is 17.2 Å². The van der Waals surface area contributed by atoms with E-state index in [0.29, 0.717) is 28.5 Å². The number of phenols is 3. The van der Waals surface area contributed by atoms with Crippen molar-refractivity contribution >= 4 is 74.7 Å². The van der Waals surface area contributed by atoms with Gasteiger partial charge in [-0.3, -0.25) is 4.79 Å². The molecule has 7 nitrogen and oxygen atoms in total. The van der Waals surface area contributed by atoms with Crippen molar-refractivity contribution in [3.63, 3.8) is 0 Å². The van der Waals surface area contributed by atoms with Crippen molar-refractivity contribution < 1.29 is 20.1 Å². The molecule has 10 heteroatoms. The summed E-state index contributed by atoms with van der Waals surface area (Å²) in [6.45, 7) is 0. The first kappa shape index (κ1) is 23.5. The predicted molar refractivity (Wildman–Crippen MR) is 136 cm³/mol. The maximum Gasteiger partial charge on any atom is 0.180 e. The van der Waals surface area contributed by atoms with E-state index in [1.54, 1.807) is 18.2 Å². The molecule has 0 saturated heterocycles. The maximum absolute atomic E-state index is 11.5. The Morgan fingerprint density at radius 2 is 1.29 bits per heavy atom. The first-order chi connectivity index (χ1) is 16.2. The Morgan fingerprint density at radius 1 is 0.706 bits per heavy atom. The molecule has 4 rings (SSSR count). The molecule has 1 aliphatic carbocycles. The molecule has 0 fully saturated rings. The number of anilines is 4. The Bertz CT molecular complexity index is 1400. The van der Waals surface area contributed by atoms with Crippen LogP contribution in [0.15, 0.2) is 76.8 Å². The number of nitrogens with one attached hydrogen (secondary N) is 2. The number of carbonyl (C=O) groups is 1. The molecule has 0 spiro atoms. The number of allylic oxidation sites excluding steroid dienone is 4. The van der Waals surface area contributed by atoms with Gasteiger partial charge in [-0.1, -0.05) is 34.8 Å². The second-order valence-electron chi connectivity index (χ2n) is 7.19. The number of hydrogen-bond acceptors (Lipinski definition) is 7. The molecule has 3 aromatic rings. The maximum atomic E-state index is 11.5. The van der Waals surface area contributed by atoms with Crippen molar-refractivity contribution in [2.45, 2.75) is 0 Å². The van der Waals surface area contributed by atoms with E-state index in [1.807, 2.05) is 0 Å². The second-order valence-corrected chi connectivity index (χ2v) is 8.41. The standard InChI is InChI=1S/C24H16Cl3N3O4/c25-15-7-12(31)1-4-18(15)28-21-10-23(30-20-6-3-14(33)9-17(20)27)24(34)11-22(21)29-19-5-2-13(32)8-16(19)26/h1-11,28,30-31,33-34H. The van der Waals surface area contributed by atoms with Gasteiger partial charge in [0.2, 0.25) is 0 Å². The van der Waals surface area contributed by atoms with Gasteiger partial charge >= 0.3 is 0 Å². The molecule has 0 atom stereocenters. The molecule has 0 aliphatic heterocycles.